The summed E-state index contributed by atoms with van der Waals surface area (Å²) >= 11 is 0. The Bertz CT molecular complexity index is 1220. The molecule has 1 N–H and O–H groups in total. The molecule has 0 fully saturated rings. The van der Waals surface area contributed by atoms with Gasteiger partial charge in [0, 0.05) is 30.3 Å². The average Bonchev–Trinajstić information content (AvgIpc) is 2.92. The molecule has 1 aliphatic rings. The Hall–Kier alpha value is -4.27. The molecule has 2 amide bonds. The highest BCUT2D eigenvalue weighted by Gasteiger charge is 2.35. The van der Waals surface area contributed by atoms with Crippen LogP contribution in [0.25, 0.3) is 0 Å². The van der Waals surface area contributed by atoms with Crippen LogP contribution in [0, 0.1) is 5.92 Å². The molecule has 2 heterocycles. The molecule has 2 atom stereocenters. The first-order valence-electron chi connectivity index (χ1n) is 11.3. The summed E-state index contributed by atoms with van der Waals surface area (Å²) in [6.45, 7) is 2.02. The smallest absolute Gasteiger partial charge is 0.273 e. The number of methoxy groups -OCH3 is 2. The zero-order valence-corrected chi connectivity index (χ0v) is 19.8. The molecular formula is C26H27N5O4. The summed E-state index contributed by atoms with van der Waals surface area (Å²) in [6, 6.07) is 14.8. The van der Waals surface area contributed by atoms with Gasteiger partial charge in [0.05, 0.1) is 26.1 Å². The van der Waals surface area contributed by atoms with Crippen molar-refractivity contribution in [1.82, 2.24) is 20.3 Å². The third kappa shape index (κ3) is 5.13. The minimum absolute atomic E-state index is 0.0797. The van der Waals surface area contributed by atoms with Crippen LogP contribution in [0.1, 0.15) is 47.5 Å². The van der Waals surface area contributed by atoms with E-state index in [0.29, 0.717) is 17.1 Å². The van der Waals surface area contributed by atoms with E-state index in [1.54, 1.807) is 14.2 Å². The van der Waals surface area contributed by atoms with Crippen LogP contribution >= 0.6 is 0 Å². The van der Waals surface area contributed by atoms with E-state index in [1.165, 1.54) is 23.6 Å². The zero-order chi connectivity index (χ0) is 24.8. The van der Waals surface area contributed by atoms with Gasteiger partial charge in [-0.1, -0.05) is 37.3 Å². The van der Waals surface area contributed by atoms with E-state index in [1.807, 2.05) is 55.5 Å². The quantitative estimate of drug-likeness (QED) is 0.536. The van der Waals surface area contributed by atoms with Gasteiger partial charge in [0.25, 0.3) is 5.91 Å². The molecule has 9 heteroatoms. The Labute approximate surface area is 203 Å². The summed E-state index contributed by atoms with van der Waals surface area (Å²) in [7, 11) is 3.15. The van der Waals surface area contributed by atoms with Gasteiger partial charge in [0.1, 0.15) is 5.69 Å². The predicted molar refractivity (Wildman–Crippen MR) is 130 cm³/mol. The minimum atomic E-state index is -0.828. The fourth-order valence-electron chi connectivity index (χ4n) is 4.02. The Kier molecular flexibility index (Phi) is 7.35. The predicted octanol–water partition coefficient (Wildman–Crippen LogP) is 3.59. The van der Waals surface area contributed by atoms with Crippen LogP contribution in [0.4, 0.5) is 0 Å². The number of benzene rings is 2. The molecule has 1 aliphatic heterocycles. The monoisotopic (exact) mass is 473 g/mol. The molecule has 2 unspecified atom stereocenters. The molecule has 0 aliphatic carbocycles. The Morgan fingerprint density at radius 3 is 2.54 bits per heavy atom. The number of amides is 2. The average molecular weight is 474 g/mol. The van der Waals surface area contributed by atoms with E-state index < -0.39 is 12.1 Å². The van der Waals surface area contributed by atoms with E-state index in [0.717, 1.165) is 17.7 Å². The standard InChI is InChI=1S/C26H27N5O4/c1-4-17-15-23(32)31(30-24(17)19-10-11-21(34-2)22(14-19)35-3)25(18-8-6-5-7-9-18)29-26(33)20-16-27-12-13-28-20/h5-14,16-17,25H,4,15H2,1-3H3,(H,29,33). The SMILES string of the molecule is CCC1CC(=O)N(C(NC(=O)c2cnccn2)c2ccccc2)N=C1c1ccc(OC)c(OC)c1. The number of rotatable bonds is 8. The van der Waals surface area contributed by atoms with Crippen molar-refractivity contribution in [2.75, 3.05) is 14.2 Å². The molecule has 9 nitrogen and oxygen atoms in total. The van der Waals surface area contributed by atoms with Crippen LogP contribution < -0.4 is 14.8 Å². The van der Waals surface area contributed by atoms with Crippen molar-refractivity contribution >= 4 is 17.5 Å². The highest BCUT2D eigenvalue weighted by atomic mass is 16.5. The fourth-order valence-corrected chi connectivity index (χ4v) is 4.02. The van der Waals surface area contributed by atoms with Crippen molar-refractivity contribution in [2.45, 2.75) is 25.9 Å². The third-order valence-electron chi connectivity index (χ3n) is 5.87. The summed E-state index contributed by atoms with van der Waals surface area (Å²) in [5.74, 6) is 0.451. The summed E-state index contributed by atoms with van der Waals surface area (Å²) in [6.07, 6.45) is 4.47. The molecule has 0 saturated heterocycles. The van der Waals surface area contributed by atoms with Crippen LogP contribution in [-0.2, 0) is 4.79 Å². The lowest BCUT2D eigenvalue weighted by Crippen LogP contribution is -2.46. The molecule has 0 spiro atoms. The van der Waals surface area contributed by atoms with E-state index in [2.05, 4.69) is 15.3 Å². The second-order valence-corrected chi connectivity index (χ2v) is 7.98. The summed E-state index contributed by atoms with van der Waals surface area (Å²) in [4.78, 5) is 34.3. The van der Waals surface area contributed by atoms with Gasteiger partial charge in [-0.3, -0.25) is 14.6 Å². The maximum absolute atomic E-state index is 13.3. The number of hydrogen-bond acceptors (Lipinski definition) is 7. The van der Waals surface area contributed by atoms with Gasteiger partial charge < -0.3 is 14.8 Å². The first kappa shape index (κ1) is 23.9. The van der Waals surface area contributed by atoms with Gasteiger partial charge in [-0.2, -0.15) is 5.10 Å². The van der Waals surface area contributed by atoms with Gasteiger partial charge in [-0.15, -0.1) is 0 Å². The van der Waals surface area contributed by atoms with E-state index in [9.17, 15) is 9.59 Å². The molecule has 180 valence electrons. The van der Waals surface area contributed by atoms with Crippen LogP contribution in [0.15, 0.2) is 72.2 Å². The normalized spacial score (nSPS) is 16.3. The Morgan fingerprint density at radius 2 is 1.89 bits per heavy atom. The lowest BCUT2D eigenvalue weighted by molar-refractivity contribution is -0.135. The highest BCUT2D eigenvalue weighted by Crippen LogP contribution is 2.33. The molecule has 0 radical (unpaired) electrons. The lowest BCUT2D eigenvalue weighted by atomic mass is 9.89. The molecule has 2 aromatic carbocycles. The van der Waals surface area contributed by atoms with Gasteiger partial charge in [0.15, 0.2) is 17.7 Å². The number of nitrogens with one attached hydrogen (secondary N) is 1. The summed E-state index contributed by atoms with van der Waals surface area (Å²) < 4.78 is 10.8. The lowest BCUT2D eigenvalue weighted by Gasteiger charge is -2.34. The maximum atomic E-state index is 13.3. The van der Waals surface area contributed by atoms with E-state index in [-0.39, 0.29) is 23.9 Å². The van der Waals surface area contributed by atoms with Crippen molar-refractivity contribution < 1.29 is 19.1 Å². The number of hydrogen-bond donors (Lipinski definition) is 1. The van der Waals surface area contributed by atoms with Crippen molar-refractivity contribution in [3.05, 3.63) is 83.9 Å². The van der Waals surface area contributed by atoms with Crippen molar-refractivity contribution in [3.8, 4) is 11.5 Å². The van der Waals surface area contributed by atoms with Crippen molar-refractivity contribution in [3.63, 3.8) is 0 Å². The second kappa shape index (κ2) is 10.8. The Morgan fingerprint density at radius 1 is 1.11 bits per heavy atom. The van der Waals surface area contributed by atoms with Gasteiger partial charge in [-0.05, 0) is 30.2 Å². The number of carbonyl (C=O) groups excluding carboxylic acids is 2. The highest BCUT2D eigenvalue weighted by molar-refractivity contribution is 6.06. The fraction of sp³-hybridized carbons (Fsp3) is 0.269. The van der Waals surface area contributed by atoms with Crippen LogP contribution in [0.5, 0.6) is 11.5 Å². The summed E-state index contributed by atoms with van der Waals surface area (Å²) in [5, 5.41) is 9.05. The third-order valence-corrected chi connectivity index (χ3v) is 5.87. The Balaban J connectivity index is 1.77. The second-order valence-electron chi connectivity index (χ2n) is 7.98. The van der Waals surface area contributed by atoms with Gasteiger partial charge in [-0.25, -0.2) is 9.99 Å². The molecule has 3 aromatic rings. The van der Waals surface area contributed by atoms with E-state index >= 15 is 0 Å². The number of hydrazone groups is 1. The molecule has 35 heavy (non-hydrogen) atoms. The summed E-state index contributed by atoms with van der Waals surface area (Å²) in [5.41, 5.74) is 2.42. The molecule has 4 rings (SSSR count). The van der Waals surface area contributed by atoms with Gasteiger partial charge >= 0.3 is 0 Å². The largest absolute Gasteiger partial charge is 0.493 e. The number of ether oxygens (including phenoxy) is 2. The number of carbonyl (C=O) groups is 2. The minimum Gasteiger partial charge on any atom is -0.493 e. The zero-order valence-electron chi connectivity index (χ0n) is 19.8. The number of nitrogens with zero attached hydrogens (tertiary/aromatic N) is 4. The van der Waals surface area contributed by atoms with Gasteiger partial charge in [0.2, 0.25) is 5.91 Å². The first-order valence-corrected chi connectivity index (χ1v) is 11.3. The van der Waals surface area contributed by atoms with E-state index in [4.69, 9.17) is 14.6 Å². The number of aromatic nitrogens is 2. The molecular weight excluding hydrogens is 446 g/mol. The van der Waals surface area contributed by atoms with Crippen LogP contribution in [0.2, 0.25) is 0 Å². The topological polar surface area (TPSA) is 106 Å². The van der Waals surface area contributed by atoms with Crippen LogP contribution in [-0.4, -0.2) is 46.7 Å². The van der Waals surface area contributed by atoms with Crippen LogP contribution in [0.3, 0.4) is 0 Å². The first-order chi connectivity index (χ1) is 17.0. The van der Waals surface area contributed by atoms with Crippen molar-refractivity contribution in [2.24, 2.45) is 11.0 Å². The molecule has 1 aromatic heterocycles. The molecule has 0 bridgehead atoms. The van der Waals surface area contributed by atoms with Crippen molar-refractivity contribution in [1.29, 1.82) is 0 Å². The maximum Gasteiger partial charge on any atom is 0.273 e. The molecule has 0 saturated carbocycles.